The van der Waals surface area contributed by atoms with E-state index in [-0.39, 0.29) is 11.0 Å². The van der Waals surface area contributed by atoms with Gasteiger partial charge in [0.05, 0.1) is 0 Å². The van der Waals surface area contributed by atoms with E-state index in [2.05, 4.69) is 4.98 Å². The van der Waals surface area contributed by atoms with Crippen LogP contribution in [-0.4, -0.2) is 40.4 Å². The number of aromatic amines is 1. The van der Waals surface area contributed by atoms with Gasteiger partial charge in [0.15, 0.2) is 0 Å². The van der Waals surface area contributed by atoms with Crippen molar-refractivity contribution < 1.29 is 14.9 Å². The number of aliphatic hydroxyl groups is 2. The lowest BCUT2D eigenvalue weighted by Gasteiger charge is -2.13. The molecule has 7 nitrogen and oxygen atoms in total. The summed E-state index contributed by atoms with van der Waals surface area (Å²) in [5, 5.41) is 14.2. The Morgan fingerprint density at radius 3 is 2.61 bits per heavy atom. The summed E-state index contributed by atoms with van der Waals surface area (Å²) in [4.78, 5) is 24.5. The molecule has 3 N–H and O–H groups in total. The Labute approximate surface area is 108 Å². The van der Waals surface area contributed by atoms with Gasteiger partial charge in [0.2, 0.25) is 0 Å². The van der Waals surface area contributed by atoms with Crippen molar-refractivity contribution in [3.63, 3.8) is 0 Å². The highest BCUT2D eigenvalue weighted by molar-refractivity contribution is 6.30. The molecular formula is C9H12BClN2O5. The van der Waals surface area contributed by atoms with Crippen LogP contribution in [0.1, 0.15) is 19.1 Å². The minimum Gasteiger partial charge on any atom is -0.371 e. The lowest BCUT2D eigenvalue weighted by Crippen LogP contribution is -2.32. The van der Waals surface area contributed by atoms with Crippen LogP contribution in [0.4, 0.5) is 0 Å². The molecule has 18 heavy (non-hydrogen) atoms. The summed E-state index contributed by atoms with van der Waals surface area (Å²) >= 11 is 5.61. The van der Waals surface area contributed by atoms with E-state index in [1.54, 1.807) is 0 Å². The monoisotopic (exact) mass is 274 g/mol. The number of nitrogens with one attached hydrogen (secondary N) is 1. The molecule has 1 aliphatic rings. The maximum Gasteiger partial charge on any atom is 0.330 e. The molecule has 0 amide bonds. The molecule has 0 spiro atoms. The van der Waals surface area contributed by atoms with Crippen LogP contribution in [0, 0.1) is 0 Å². The summed E-state index contributed by atoms with van der Waals surface area (Å²) < 4.78 is 6.53. The molecule has 1 saturated heterocycles. The second-order valence-electron chi connectivity index (χ2n) is 3.49. The van der Waals surface area contributed by atoms with Crippen molar-refractivity contribution in [2.75, 3.05) is 6.79 Å². The zero-order chi connectivity index (χ0) is 13.7. The number of H-pyrrole nitrogens is 1. The van der Waals surface area contributed by atoms with Crippen LogP contribution < -0.4 is 11.2 Å². The first-order valence-electron chi connectivity index (χ1n) is 5.13. The SMILES string of the molecule is OCO.[B][C@@H]1CCC(n2cc(Cl)c(=O)[nH]c2=O)O1. The fourth-order valence-electron chi connectivity index (χ4n) is 1.52. The average Bonchev–Trinajstić information content (AvgIpc) is 2.71. The van der Waals surface area contributed by atoms with Gasteiger partial charge in [-0.05, 0) is 12.8 Å². The number of aliphatic hydroxyl groups excluding tert-OH is 1. The number of nitrogens with zero attached hydrogens (tertiary/aromatic N) is 1. The molecule has 1 unspecified atom stereocenters. The maximum absolute atomic E-state index is 11.4. The van der Waals surface area contributed by atoms with Crippen LogP contribution >= 0.6 is 11.6 Å². The van der Waals surface area contributed by atoms with Crippen molar-refractivity contribution in [2.24, 2.45) is 0 Å². The van der Waals surface area contributed by atoms with Gasteiger partial charge in [-0.2, -0.15) is 0 Å². The summed E-state index contributed by atoms with van der Waals surface area (Å²) in [5.41, 5.74) is -1.14. The molecule has 98 valence electrons. The summed E-state index contributed by atoms with van der Waals surface area (Å²) in [6.45, 7) is -0.750. The van der Waals surface area contributed by atoms with Gasteiger partial charge in [0.1, 0.15) is 25.9 Å². The molecule has 2 rings (SSSR count). The highest BCUT2D eigenvalue weighted by Gasteiger charge is 2.24. The highest BCUT2D eigenvalue weighted by Crippen LogP contribution is 2.25. The second-order valence-corrected chi connectivity index (χ2v) is 3.90. The summed E-state index contributed by atoms with van der Waals surface area (Å²) in [5.74, 6) is 0. The molecule has 2 radical (unpaired) electrons. The third-order valence-electron chi connectivity index (χ3n) is 2.26. The molecule has 0 saturated carbocycles. The van der Waals surface area contributed by atoms with Crippen molar-refractivity contribution in [3.8, 4) is 0 Å². The molecule has 1 fully saturated rings. The van der Waals surface area contributed by atoms with Gasteiger partial charge in [0, 0.05) is 12.2 Å². The van der Waals surface area contributed by atoms with Crippen molar-refractivity contribution in [3.05, 3.63) is 32.1 Å². The van der Waals surface area contributed by atoms with Crippen LogP contribution in [-0.2, 0) is 4.74 Å². The van der Waals surface area contributed by atoms with Crippen molar-refractivity contribution in [1.82, 2.24) is 9.55 Å². The van der Waals surface area contributed by atoms with E-state index in [0.29, 0.717) is 12.8 Å². The van der Waals surface area contributed by atoms with Crippen molar-refractivity contribution >= 4 is 19.4 Å². The van der Waals surface area contributed by atoms with Crippen molar-refractivity contribution in [2.45, 2.75) is 25.1 Å². The van der Waals surface area contributed by atoms with E-state index in [4.69, 9.17) is 34.4 Å². The van der Waals surface area contributed by atoms with Crippen LogP contribution in [0.5, 0.6) is 0 Å². The van der Waals surface area contributed by atoms with Gasteiger partial charge in [-0.1, -0.05) is 11.6 Å². The fraction of sp³-hybridized carbons (Fsp3) is 0.556. The second kappa shape index (κ2) is 6.74. The van der Waals surface area contributed by atoms with E-state index in [1.165, 1.54) is 10.8 Å². The standard InChI is InChI=1S/C8H8BClN2O3.CH4O2/c9-5-1-2-6(15-5)12-3-4(10)7(13)11-8(12)14;2-1-3/h3,5-6H,1-2H2,(H,11,13,14);2-3H,1H2/t5-,6?;/m0./s1. The van der Waals surface area contributed by atoms with Gasteiger partial charge in [-0.3, -0.25) is 14.3 Å². The first kappa shape index (κ1) is 15.0. The lowest BCUT2D eigenvalue weighted by atomic mass is 9.98. The maximum atomic E-state index is 11.4. The normalized spacial score (nSPS) is 22.4. The Morgan fingerprint density at radius 2 is 2.11 bits per heavy atom. The van der Waals surface area contributed by atoms with E-state index in [1.807, 2.05) is 0 Å². The molecule has 9 heteroatoms. The van der Waals surface area contributed by atoms with Crippen LogP contribution in [0.2, 0.25) is 5.02 Å². The van der Waals surface area contributed by atoms with Gasteiger partial charge < -0.3 is 14.9 Å². The third-order valence-corrected chi connectivity index (χ3v) is 2.53. The number of hydrogen-bond donors (Lipinski definition) is 3. The first-order valence-corrected chi connectivity index (χ1v) is 5.51. The molecule has 2 heterocycles. The summed E-state index contributed by atoms with van der Waals surface area (Å²) in [6, 6.07) is -0.368. The number of rotatable bonds is 1. The zero-order valence-electron chi connectivity index (χ0n) is 9.38. The number of ether oxygens (including phenoxy) is 1. The summed E-state index contributed by atoms with van der Waals surface area (Å²) in [6.07, 6.45) is 2.13. The van der Waals surface area contributed by atoms with Gasteiger partial charge in [0.25, 0.3) is 5.56 Å². The third kappa shape index (κ3) is 3.71. The lowest BCUT2D eigenvalue weighted by molar-refractivity contribution is 0.0340. The Kier molecular flexibility index (Phi) is 5.61. The Morgan fingerprint density at radius 1 is 1.50 bits per heavy atom. The smallest absolute Gasteiger partial charge is 0.330 e. The van der Waals surface area contributed by atoms with E-state index >= 15 is 0 Å². The zero-order valence-corrected chi connectivity index (χ0v) is 10.1. The minimum absolute atomic E-state index is 0.0429. The number of aromatic nitrogens is 2. The van der Waals surface area contributed by atoms with E-state index < -0.39 is 24.3 Å². The fourth-order valence-corrected chi connectivity index (χ4v) is 1.68. The molecule has 2 atom stereocenters. The Bertz CT molecular complexity index is 502. The molecule has 1 aromatic heterocycles. The molecule has 0 aromatic carbocycles. The van der Waals surface area contributed by atoms with Crippen LogP contribution in [0.15, 0.2) is 15.8 Å². The van der Waals surface area contributed by atoms with Gasteiger partial charge in [-0.25, -0.2) is 4.79 Å². The first-order chi connectivity index (χ1) is 8.49. The Hall–Kier alpha value is -1.09. The quantitative estimate of drug-likeness (QED) is 0.446. The molecule has 0 bridgehead atoms. The largest absolute Gasteiger partial charge is 0.371 e. The average molecular weight is 274 g/mol. The topological polar surface area (TPSA) is 105 Å². The van der Waals surface area contributed by atoms with Gasteiger partial charge >= 0.3 is 5.69 Å². The molecular weight excluding hydrogens is 262 g/mol. The molecule has 1 aromatic rings. The summed E-state index contributed by atoms with van der Waals surface area (Å²) in [7, 11) is 5.54. The number of halogens is 1. The Balaban J connectivity index is 0.000000492. The molecule has 1 aliphatic heterocycles. The molecule has 0 aliphatic carbocycles. The highest BCUT2D eigenvalue weighted by atomic mass is 35.5. The number of hydrogen-bond acceptors (Lipinski definition) is 5. The predicted molar refractivity (Wildman–Crippen MR) is 64.5 cm³/mol. The van der Waals surface area contributed by atoms with Gasteiger partial charge in [-0.15, -0.1) is 0 Å². The van der Waals surface area contributed by atoms with E-state index in [9.17, 15) is 9.59 Å². The predicted octanol–water partition coefficient (Wildman–Crippen LogP) is -1.08. The van der Waals surface area contributed by atoms with Crippen LogP contribution in [0.25, 0.3) is 0 Å². The van der Waals surface area contributed by atoms with Crippen molar-refractivity contribution in [1.29, 1.82) is 0 Å². The van der Waals surface area contributed by atoms with Crippen LogP contribution in [0.3, 0.4) is 0 Å². The van der Waals surface area contributed by atoms with E-state index in [0.717, 1.165) is 0 Å². The minimum atomic E-state index is -0.750.